The summed E-state index contributed by atoms with van der Waals surface area (Å²) in [5.74, 6) is 0.347. The van der Waals surface area contributed by atoms with E-state index in [9.17, 15) is 5.11 Å². The molecule has 2 rings (SSSR count). The molecule has 1 fully saturated rings. The van der Waals surface area contributed by atoms with Crippen LogP contribution in [0.4, 0.5) is 0 Å². The Hall–Kier alpha value is -0.930. The van der Waals surface area contributed by atoms with Crippen molar-refractivity contribution in [2.75, 3.05) is 6.54 Å². The maximum atomic E-state index is 10.3. The van der Waals surface area contributed by atoms with Gasteiger partial charge in [0.25, 0.3) is 0 Å². The summed E-state index contributed by atoms with van der Waals surface area (Å²) in [6.07, 6.45) is 6.83. The predicted molar refractivity (Wildman–Crippen MR) is 77.9 cm³/mol. The Kier molecular flexibility index (Phi) is 4.58. The minimum absolute atomic E-state index is 0.140. The van der Waals surface area contributed by atoms with E-state index >= 15 is 0 Å². The second-order valence-corrected chi connectivity index (χ2v) is 6.39. The van der Waals surface area contributed by atoms with Crippen LogP contribution in [0.3, 0.4) is 0 Å². The van der Waals surface area contributed by atoms with Gasteiger partial charge in [0, 0.05) is 30.4 Å². The smallest absolute Gasteiger partial charge is 0.0631 e. The van der Waals surface area contributed by atoms with Crippen molar-refractivity contribution >= 4 is 0 Å². The van der Waals surface area contributed by atoms with Crippen LogP contribution in [0.25, 0.3) is 0 Å². The van der Waals surface area contributed by atoms with Crippen LogP contribution < -0.4 is 5.32 Å². The average Bonchev–Trinajstić information content (AvgIpc) is 3.18. The van der Waals surface area contributed by atoms with Crippen LogP contribution in [0.2, 0.25) is 0 Å². The van der Waals surface area contributed by atoms with E-state index in [2.05, 4.69) is 43.2 Å². The van der Waals surface area contributed by atoms with E-state index in [1.54, 1.807) is 0 Å². The molecule has 0 unspecified atom stereocenters. The third kappa shape index (κ3) is 3.77. The number of nitrogens with one attached hydrogen (secondary N) is 1. The van der Waals surface area contributed by atoms with Crippen LogP contribution in [-0.4, -0.2) is 28.8 Å². The van der Waals surface area contributed by atoms with Crippen molar-refractivity contribution in [2.45, 2.75) is 52.2 Å². The standard InChI is InChI=1S/C16H26N2O/c1-12(2)15(19)16(6-7-16)11-18-13(3)10-14-4-8-17-9-5-14/h4-5,8-9,12-13,15,18-19H,6-7,10-11H2,1-3H3/t13-,15+/m0/s1. The van der Waals surface area contributed by atoms with Gasteiger partial charge >= 0.3 is 0 Å². The van der Waals surface area contributed by atoms with Gasteiger partial charge in [-0.05, 0) is 49.8 Å². The lowest BCUT2D eigenvalue weighted by Crippen LogP contribution is -2.40. The molecule has 1 heterocycles. The van der Waals surface area contributed by atoms with Crippen molar-refractivity contribution < 1.29 is 5.11 Å². The van der Waals surface area contributed by atoms with Crippen LogP contribution >= 0.6 is 0 Å². The molecule has 2 N–H and O–H groups in total. The molecule has 0 aliphatic heterocycles. The Bertz CT molecular complexity index is 387. The third-order valence-corrected chi connectivity index (χ3v) is 4.24. The van der Waals surface area contributed by atoms with E-state index in [1.165, 1.54) is 5.56 Å². The van der Waals surface area contributed by atoms with Crippen molar-refractivity contribution in [1.82, 2.24) is 10.3 Å². The second-order valence-electron chi connectivity index (χ2n) is 6.39. The molecule has 2 atom stereocenters. The largest absolute Gasteiger partial charge is 0.392 e. The van der Waals surface area contributed by atoms with Gasteiger partial charge in [-0.3, -0.25) is 4.98 Å². The van der Waals surface area contributed by atoms with E-state index in [0.717, 1.165) is 25.8 Å². The van der Waals surface area contributed by atoms with Crippen molar-refractivity contribution in [2.24, 2.45) is 11.3 Å². The fraction of sp³-hybridized carbons (Fsp3) is 0.688. The Morgan fingerprint density at radius 1 is 1.26 bits per heavy atom. The zero-order chi connectivity index (χ0) is 13.9. The number of hydrogen-bond acceptors (Lipinski definition) is 3. The van der Waals surface area contributed by atoms with Crippen molar-refractivity contribution in [3.8, 4) is 0 Å². The maximum Gasteiger partial charge on any atom is 0.0631 e. The number of aliphatic hydroxyl groups excluding tert-OH is 1. The Morgan fingerprint density at radius 3 is 2.42 bits per heavy atom. The second kappa shape index (κ2) is 6.02. The van der Waals surface area contributed by atoms with E-state index in [0.29, 0.717) is 12.0 Å². The van der Waals surface area contributed by atoms with Crippen LogP contribution in [0.15, 0.2) is 24.5 Å². The first kappa shape index (κ1) is 14.5. The molecule has 0 amide bonds. The fourth-order valence-corrected chi connectivity index (χ4v) is 2.77. The van der Waals surface area contributed by atoms with Gasteiger partial charge in [-0.15, -0.1) is 0 Å². The Balaban J connectivity index is 1.79. The number of hydrogen-bond donors (Lipinski definition) is 2. The number of rotatable bonds is 7. The Labute approximate surface area is 116 Å². The van der Waals surface area contributed by atoms with Gasteiger partial charge in [0.05, 0.1) is 6.10 Å². The highest BCUT2D eigenvalue weighted by atomic mass is 16.3. The highest BCUT2D eigenvalue weighted by Crippen LogP contribution is 2.50. The summed E-state index contributed by atoms with van der Waals surface area (Å²) >= 11 is 0. The molecular formula is C16H26N2O. The van der Waals surface area contributed by atoms with E-state index in [-0.39, 0.29) is 11.5 Å². The summed E-state index contributed by atoms with van der Waals surface area (Å²) in [5.41, 5.74) is 1.45. The van der Waals surface area contributed by atoms with Crippen molar-refractivity contribution in [1.29, 1.82) is 0 Å². The SMILES string of the molecule is CC(C)[C@@H](O)C1(CN[C@@H](C)Cc2ccncc2)CC1. The van der Waals surface area contributed by atoms with Crippen LogP contribution in [0.5, 0.6) is 0 Å². The van der Waals surface area contributed by atoms with Gasteiger partial charge in [0.2, 0.25) is 0 Å². The zero-order valence-corrected chi connectivity index (χ0v) is 12.3. The molecule has 1 aromatic heterocycles. The summed E-state index contributed by atoms with van der Waals surface area (Å²) in [5, 5.41) is 13.9. The molecule has 1 aliphatic rings. The topological polar surface area (TPSA) is 45.1 Å². The van der Waals surface area contributed by atoms with Gasteiger partial charge in [0.1, 0.15) is 0 Å². The molecule has 1 aromatic rings. The molecule has 0 radical (unpaired) electrons. The monoisotopic (exact) mass is 262 g/mol. The summed E-state index contributed by atoms with van der Waals surface area (Å²) in [7, 11) is 0. The predicted octanol–water partition coefficient (Wildman–Crippen LogP) is 2.40. The van der Waals surface area contributed by atoms with Crippen LogP contribution in [0.1, 0.15) is 39.2 Å². The quantitative estimate of drug-likeness (QED) is 0.793. The zero-order valence-electron chi connectivity index (χ0n) is 12.3. The maximum absolute atomic E-state index is 10.3. The molecule has 3 heteroatoms. The molecule has 106 valence electrons. The number of aromatic nitrogens is 1. The number of aliphatic hydroxyl groups is 1. The van der Waals surface area contributed by atoms with Crippen LogP contribution in [0, 0.1) is 11.3 Å². The van der Waals surface area contributed by atoms with Gasteiger partial charge < -0.3 is 10.4 Å². The summed E-state index contributed by atoms with van der Waals surface area (Å²) in [6, 6.07) is 4.56. The molecule has 0 aromatic carbocycles. The van der Waals surface area contributed by atoms with Gasteiger partial charge in [-0.25, -0.2) is 0 Å². The highest BCUT2D eigenvalue weighted by molar-refractivity contribution is 5.11. The number of nitrogens with zero attached hydrogens (tertiary/aromatic N) is 1. The van der Waals surface area contributed by atoms with Crippen molar-refractivity contribution in [3.63, 3.8) is 0 Å². The highest BCUT2D eigenvalue weighted by Gasteiger charge is 2.49. The lowest BCUT2D eigenvalue weighted by Gasteiger charge is -2.27. The summed E-state index contributed by atoms with van der Waals surface area (Å²) in [6.45, 7) is 7.34. The van der Waals surface area contributed by atoms with Crippen LogP contribution in [-0.2, 0) is 6.42 Å². The first-order valence-electron chi connectivity index (χ1n) is 7.34. The number of pyridine rings is 1. The van der Waals surface area contributed by atoms with Gasteiger partial charge in [-0.1, -0.05) is 13.8 Å². The van der Waals surface area contributed by atoms with Gasteiger partial charge in [0.15, 0.2) is 0 Å². The molecular weight excluding hydrogens is 236 g/mol. The lowest BCUT2D eigenvalue weighted by molar-refractivity contribution is 0.0492. The van der Waals surface area contributed by atoms with E-state index < -0.39 is 0 Å². The molecule has 0 bridgehead atoms. The average molecular weight is 262 g/mol. The first-order chi connectivity index (χ1) is 9.03. The normalized spacial score (nSPS) is 20.3. The fourth-order valence-electron chi connectivity index (χ4n) is 2.77. The lowest BCUT2D eigenvalue weighted by atomic mass is 9.90. The molecule has 3 nitrogen and oxygen atoms in total. The minimum atomic E-state index is -0.173. The molecule has 19 heavy (non-hydrogen) atoms. The Morgan fingerprint density at radius 2 is 1.89 bits per heavy atom. The third-order valence-electron chi connectivity index (χ3n) is 4.24. The van der Waals surface area contributed by atoms with Crippen molar-refractivity contribution in [3.05, 3.63) is 30.1 Å². The molecule has 1 aliphatic carbocycles. The van der Waals surface area contributed by atoms with Gasteiger partial charge in [-0.2, -0.15) is 0 Å². The molecule has 0 spiro atoms. The van der Waals surface area contributed by atoms with E-state index in [4.69, 9.17) is 0 Å². The summed E-state index contributed by atoms with van der Waals surface area (Å²) in [4.78, 5) is 4.04. The summed E-state index contributed by atoms with van der Waals surface area (Å²) < 4.78 is 0. The molecule has 0 saturated heterocycles. The van der Waals surface area contributed by atoms with E-state index in [1.807, 2.05) is 12.4 Å². The minimum Gasteiger partial charge on any atom is -0.392 e. The molecule has 1 saturated carbocycles. The first-order valence-corrected chi connectivity index (χ1v) is 7.34.